The molecule has 0 saturated carbocycles. The SMILES string of the molecule is Cc1cnc(NC(C=NC2CCOCC2)=CN)nc1-c1ccc(C(=O)O)cc1. The third-order valence-corrected chi connectivity index (χ3v) is 4.43. The van der Waals surface area contributed by atoms with Crippen molar-refractivity contribution >= 4 is 18.1 Å². The van der Waals surface area contributed by atoms with Crippen LogP contribution in [0, 0.1) is 6.92 Å². The normalized spacial score (nSPS) is 15.7. The summed E-state index contributed by atoms with van der Waals surface area (Å²) in [5.74, 6) is -0.576. The molecule has 1 aliphatic heterocycles. The number of rotatable bonds is 6. The van der Waals surface area contributed by atoms with Crippen molar-refractivity contribution < 1.29 is 14.6 Å². The number of nitrogens with zero attached hydrogens (tertiary/aromatic N) is 3. The molecule has 8 heteroatoms. The van der Waals surface area contributed by atoms with Crippen LogP contribution < -0.4 is 11.1 Å². The molecule has 1 fully saturated rings. The Kier molecular flexibility index (Phi) is 6.33. The Balaban J connectivity index is 1.76. The first-order valence-corrected chi connectivity index (χ1v) is 9.04. The van der Waals surface area contributed by atoms with Crippen molar-refractivity contribution in [3.63, 3.8) is 0 Å². The Morgan fingerprint density at radius 2 is 2.04 bits per heavy atom. The summed E-state index contributed by atoms with van der Waals surface area (Å²) in [7, 11) is 0. The summed E-state index contributed by atoms with van der Waals surface area (Å²) in [6.07, 6.45) is 6.62. The van der Waals surface area contributed by atoms with Crippen molar-refractivity contribution in [3.8, 4) is 11.3 Å². The highest BCUT2D eigenvalue weighted by atomic mass is 16.5. The van der Waals surface area contributed by atoms with Crippen molar-refractivity contribution in [2.75, 3.05) is 18.5 Å². The van der Waals surface area contributed by atoms with Gasteiger partial charge >= 0.3 is 5.97 Å². The van der Waals surface area contributed by atoms with E-state index in [-0.39, 0.29) is 11.6 Å². The molecule has 146 valence electrons. The number of aliphatic imine (C=N–C) groups is 1. The molecule has 3 rings (SSSR count). The van der Waals surface area contributed by atoms with Crippen LogP contribution in [0.1, 0.15) is 28.8 Å². The minimum absolute atomic E-state index is 0.228. The molecule has 28 heavy (non-hydrogen) atoms. The highest BCUT2D eigenvalue weighted by molar-refractivity contribution is 5.88. The van der Waals surface area contributed by atoms with E-state index < -0.39 is 5.97 Å². The van der Waals surface area contributed by atoms with E-state index >= 15 is 0 Å². The second-order valence-corrected chi connectivity index (χ2v) is 6.48. The maximum absolute atomic E-state index is 11.0. The lowest BCUT2D eigenvalue weighted by Gasteiger charge is -2.18. The second-order valence-electron chi connectivity index (χ2n) is 6.48. The van der Waals surface area contributed by atoms with Gasteiger partial charge in [0.2, 0.25) is 5.95 Å². The Hall–Kier alpha value is -3.26. The van der Waals surface area contributed by atoms with E-state index in [9.17, 15) is 4.79 Å². The zero-order valence-electron chi connectivity index (χ0n) is 15.6. The van der Waals surface area contributed by atoms with Gasteiger partial charge in [0, 0.05) is 37.4 Å². The van der Waals surface area contributed by atoms with Gasteiger partial charge in [-0.2, -0.15) is 0 Å². The topological polar surface area (TPSA) is 123 Å². The van der Waals surface area contributed by atoms with Gasteiger partial charge in [0.05, 0.1) is 23.0 Å². The maximum atomic E-state index is 11.0. The molecule has 0 unspecified atom stereocenters. The fourth-order valence-corrected chi connectivity index (χ4v) is 2.83. The summed E-state index contributed by atoms with van der Waals surface area (Å²) in [5.41, 5.74) is 8.94. The number of aryl methyl sites for hydroxylation is 1. The number of nitrogens with one attached hydrogen (secondary N) is 1. The average Bonchev–Trinajstić information content (AvgIpc) is 2.73. The maximum Gasteiger partial charge on any atom is 0.335 e. The largest absolute Gasteiger partial charge is 0.478 e. The van der Waals surface area contributed by atoms with E-state index in [2.05, 4.69) is 20.3 Å². The van der Waals surface area contributed by atoms with E-state index in [4.69, 9.17) is 15.6 Å². The van der Waals surface area contributed by atoms with Gasteiger partial charge < -0.3 is 20.9 Å². The van der Waals surface area contributed by atoms with Crippen LogP contribution >= 0.6 is 0 Å². The van der Waals surface area contributed by atoms with Crippen molar-refractivity contribution in [1.82, 2.24) is 9.97 Å². The van der Waals surface area contributed by atoms with Crippen molar-refractivity contribution in [2.45, 2.75) is 25.8 Å². The van der Waals surface area contributed by atoms with Crippen LogP contribution in [0.5, 0.6) is 0 Å². The lowest BCUT2D eigenvalue weighted by Crippen LogP contribution is -2.19. The summed E-state index contributed by atoms with van der Waals surface area (Å²) < 4.78 is 5.33. The Bertz CT molecular complexity index is 887. The van der Waals surface area contributed by atoms with Crippen molar-refractivity contribution in [2.24, 2.45) is 10.7 Å². The first-order valence-electron chi connectivity index (χ1n) is 9.04. The lowest BCUT2D eigenvalue weighted by molar-refractivity contribution is 0.0697. The number of benzene rings is 1. The van der Waals surface area contributed by atoms with Gasteiger partial charge in [-0.05, 0) is 37.5 Å². The van der Waals surface area contributed by atoms with Crippen LogP contribution in [0.3, 0.4) is 0 Å². The number of carbonyl (C=O) groups is 1. The first-order chi connectivity index (χ1) is 13.6. The van der Waals surface area contributed by atoms with E-state index in [1.807, 2.05) is 6.92 Å². The Labute approximate surface area is 163 Å². The Morgan fingerprint density at radius 1 is 1.32 bits per heavy atom. The number of carboxylic acid groups (broad SMARTS) is 1. The van der Waals surface area contributed by atoms with Crippen LogP contribution in [0.15, 0.2) is 47.4 Å². The van der Waals surface area contributed by atoms with Crippen LogP contribution in [0.2, 0.25) is 0 Å². The monoisotopic (exact) mass is 381 g/mol. The number of nitrogens with two attached hydrogens (primary N) is 1. The number of hydrogen-bond donors (Lipinski definition) is 3. The molecule has 4 N–H and O–H groups in total. The summed E-state index contributed by atoms with van der Waals surface area (Å²) >= 11 is 0. The molecule has 0 spiro atoms. The molecular weight excluding hydrogens is 358 g/mol. The molecule has 2 aromatic rings. The van der Waals surface area contributed by atoms with E-state index in [0.29, 0.717) is 17.3 Å². The quantitative estimate of drug-likeness (QED) is 0.657. The predicted octanol–water partition coefficient (Wildman–Crippen LogP) is 2.61. The van der Waals surface area contributed by atoms with E-state index in [1.54, 1.807) is 36.7 Å². The van der Waals surface area contributed by atoms with Gasteiger partial charge in [-0.1, -0.05) is 12.1 Å². The molecule has 0 atom stereocenters. The number of allylic oxidation sites excluding steroid dienone is 1. The fraction of sp³-hybridized carbons (Fsp3) is 0.300. The molecule has 0 amide bonds. The van der Waals surface area contributed by atoms with Crippen LogP contribution in [0.25, 0.3) is 11.3 Å². The number of anilines is 1. The minimum atomic E-state index is -0.963. The number of aromatic nitrogens is 2. The fourth-order valence-electron chi connectivity index (χ4n) is 2.83. The van der Waals surface area contributed by atoms with Crippen molar-refractivity contribution in [1.29, 1.82) is 0 Å². The summed E-state index contributed by atoms with van der Waals surface area (Å²) in [5, 5.41) is 12.1. The first kappa shape index (κ1) is 19.5. The van der Waals surface area contributed by atoms with E-state index in [0.717, 1.165) is 37.2 Å². The second kappa shape index (κ2) is 9.09. The smallest absolute Gasteiger partial charge is 0.335 e. The standard InChI is InChI=1S/C20H23N5O3/c1-13-11-23-20(24-17(10-21)12-22-16-6-8-28-9-7-16)25-18(13)14-2-4-15(5-3-14)19(26)27/h2-5,10-12,16H,6-9,21H2,1H3,(H,26,27)(H,23,24,25). The van der Waals surface area contributed by atoms with Gasteiger partial charge in [-0.25, -0.2) is 14.8 Å². The summed E-state index contributed by atoms with van der Waals surface area (Å²) in [6, 6.07) is 6.80. The highest BCUT2D eigenvalue weighted by Gasteiger charge is 2.12. The molecule has 0 bridgehead atoms. The summed E-state index contributed by atoms with van der Waals surface area (Å²) in [6.45, 7) is 3.35. The number of ether oxygens (including phenoxy) is 1. The third kappa shape index (κ3) is 4.92. The van der Waals surface area contributed by atoms with Crippen LogP contribution in [0.4, 0.5) is 5.95 Å². The molecular formula is C20H23N5O3. The number of hydrogen-bond acceptors (Lipinski definition) is 7. The Morgan fingerprint density at radius 3 is 2.68 bits per heavy atom. The molecule has 0 aliphatic carbocycles. The van der Waals surface area contributed by atoms with Crippen LogP contribution in [-0.2, 0) is 4.74 Å². The van der Waals surface area contributed by atoms with Crippen LogP contribution in [-0.4, -0.2) is 46.5 Å². The minimum Gasteiger partial charge on any atom is -0.478 e. The van der Waals surface area contributed by atoms with Gasteiger partial charge in [0.15, 0.2) is 0 Å². The molecule has 1 aromatic carbocycles. The average molecular weight is 381 g/mol. The summed E-state index contributed by atoms with van der Waals surface area (Å²) in [4.78, 5) is 24.4. The predicted molar refractivity (Wildman–Crippen MR) is 107 cm³/mol. The lowest BCUT2D eigenvalue weighted by atomic mass is 10.1. The molecule has 1 aromatic heterocycles. The van der Waals surface area contributed by atoms with Gasteiger partial charge in [0.1, 0.15) is 0 Å². The zero-order chi connectivity index (χ0) is 19.9. The van der Waals surface area contributed by atoms with Gasteiger partial charge in [0.25, 0.3) is 0 Å². The van der Waals surface area contributed by atoms with Gasteiger partial charge in [-0.15, -0.1) is 0 Å². The highest BCUT2D eigenvalue weighted by Crippen LogP contribution is 2.22. The molecule has 1 aliphatic rings. The van der Waals surface area contributed by atoms with Gasteiger partial charge in [-0.3, -0.25) is 4.99 Å². The number of carboxylic acids is 1. The molecule has 1 saturated heterocycles. The van der Waals surface area contributed by atoms with E-state index in [1.165, 1.54) is 6.20 Å². The molecule has 2 heterocycles. The third-order valence-electron chi connectivity index (χ3n) is 4.43. The molecule has 0 radical (unpaired) electrons. The zero-order valence-corrected chi connectivity index (χ0v) is 15.6. The molecule has 8 nitrogen and oxygen atoms in total. The van der Waals surface area contributed by atoms with Crippen molar-refractivity contribution in [3.05, 3.63) is 53.5 Å². The number of aromatic carboxylic acids is 1.